The van der Waals surface area contributed by atoms with Crippen LogP contribution in [0, 0.1) is 0 Å². The molecule has 0 aromatic heterocycles. The van der Waals surface area contributed by atoms with Crippen molar-refractivity contribution < 1.29 is 0 Å². The van der Waals surface area contributed by atoms with E-state index in [0.29, 0.717) is 0 Å². The maximum atomic E-state index is 5.88. The first-order valence-electron chi connectivity index (χ1n) is 6.10. The highest BCUT2D eigenvalue weighted by atomic mass is 35.5. The second kappa shape index (κ2) is 6.36. The average Bonchev–Trinajstić information content (AvgIpc) is 2.33. The van der Waals surface area contributed by atoms with E-state index >= 15 is 0 Å². The molecule has 1 aromatic carbocycles. The minimum absolute atomic E-state index is 0.804. The van der Waals surface area contributed by atoms with E-state index in [4.69, 9.17) is 11.6 Å². The van der Waals surface area contributed by atoms with Crippen LogP contribution in [0.1, 0.15) is 5.56 Å². The van der Waals surface area contributed by atoms with Gasteiger partial charge in [0, 0.05) is 37.7 Å². The summed E-state index contributed by atoms with van der Waals surface area (Å²) in [5.41, 5.74) is 1.31. The Kier molecular flexibility index (Phi) is 4.80. The molecule has 0 radical (unpaired) electrons. The van der Waals surface area contributed by atoms with Gasteiger partial charge in [-0.15, -0.1) is 0 Å². The molecule has 0 amide bonds. The van der Waals surface area contributed by atoms with Gasteiger partial charge in [-0.05, 0) is 24.7 Å². The Balaban J connectivity index is 1.79. The normalized spacial score (nSPS) is 17.6. The van der Waals surface area contributed by atoms with Crippen LogP contribution in [-0.4, -0.2) is 49.7 Å². The minimum atomic E-state index is 0.804. The molecule has 0 atom stereocenters. The molecule has 94 valence electrons. The van der Waals surface area contributed by atoms with E-state index in [-0.39, 0.29) is 0 Å². The second-order valence-electron chi connectivity index (χ2n) is 4.65. The number of benzene rings is 1. The molecule has 1 aliphatic rings. The molecule has 0 saturated carbocycles. The Morgan fingerprint density at radius 2 is 1.88 bits per heavy atom. The van der Waals surface area contributed by atoms with E-state index in [1.807, 2.05) is 12.1 Å². The van der Waals surface area contributed by atoms with Crippen molar-refractivity contribution >= 4 is 11.6 Å². The van der Waals surface area contributed by atoms with Gasteiger partial charge in [0.1, 0.15) is 0 Å². The van der Waals surface area contributed by atoms with Crippen molar-refractivity contribution in [2.75, 3.05) is 39.9 Å². The van der Waals surface area contributed by atoms with E-state index in [1.54, 1.807) is 0 Å². The Hall–Kier alpha value is -0.610. The van der Waals surface area contributed by atoms with Gasteiger partial charge in [-0.3, -0.25) is 9.80 Å². The van der Waals surface area contributed by atoms with Gasteiger partial charge in [0.25, 0.3) is 0 Å². The summed E-state index contributed by atoms with van der Waals surface area (Å²) in [5.74, 6) is 0. The van der Waals surface area contributed by atoms with E-state index in [0.717, 1.165) is 44.4 Å². The highest BCUT2D eigenvalue weighted by molar-refractivity contribution is 6.30. The molecule has 4 heteroatoms. The first-order valence-corrected chi connectivity index (χ1v) is 6.48. The summed E-state index contributed by atoms with van der Waals surface area (Å²) in [6.07, 6.45) is 0. The molecular formula is C13H20ClN3. The van der Waals surface area contributed by atoms with Crippen molar-refractivity contribution in [3.63, 3.8) is 0 Å². The fourth-order valence-corrected chi connectivity index (χ4v) is 2.27. The third-order valence-corrected chi connectivity index (χ3v) is 3.27. The molecule has 17 heavy (non-hydrogen) atoms. The first-order chi connectivity index (χ1) is 8.24. The monoisotopic (exact) mass is 253 g/mol. The fourth-order valence-electron chi connectivity index (χ4n) is 2.15. The highest BCUT2D eigenvalue weighted by Crippen LogP contribution is 2.11. The minimum Gasteiger partial charge on any atom is -0.314 e. The van der Waals surface area contributed by atoms with Gasteiger partial charge >= 0.3 is 0 Å². The molecule has 1 heterocycles. The molecule has 0 aliphatic carbocycles. The molecule has 1 saturated heterocycles. The number of piperazine rings is 1. The lowest BCUT2D eigenvalue weighted by Crippen LogP contribution is -2.47. The average molecular weight is 254 g/mol. The third kappa shape index (κ3) is 4.28. The lowest BCUT2D eigenvalue weighted by molar-refractivity contribution is 0.135. The van der Waals surface area contributed by atoms with Crippen molar-refractivity contribution in [1.29, 1.82) is 0 Å². The summed E-state index contributed by atoms with van der Waals surface area (Å²) in [4.78, 5) is 4.82. The molecular weight excluding hydrogens is 234 g/mol. The molecule has 0 bridgehead atoms. The van der Waals surface area contributed by atoms with Crippen molar-refractivity contribution in [2.24, 2.45) is 0 Å². The van der Waals surface area contributed by atoms with E-state index in [2.05, 4.69) is 34.3 Å². The predicted octanol–water partition coefficient (Wildman–Crippen LogP) is 1.63. The quantitative estimate of drug-likeness (QED) is 0.880. The van der Waals surface area contributed by atoms with E-state index < -0.39 is 0 Å². The van der Waals surface area contributed by atoms with Crippen LogP contribution in [0.5, 0.6) is 0 Å². The summed E-state index contributed by atoms with van der Waals surface area (Å²) in [6, 6.07) is 8.10. The van der Waals surface area contributed by atoms with Crippen molar-refractivity contribution in [1.82, 2.24) is 15.1 Å². The molecule has 1 fully saturated rings. The maximum absolute atomic E-state index is 5.88. The van der Waals surface area contributed by atoms with Crippen LogP contribution in [0.15, 0.2) is 24.3 Å². The molecule has 1 aliphatic heterocycles. The Morgan fingerprint density at radius 1 is 1.24 bits per heavy atom. The zero-order valence-corrected chi connectivity index (χ0v) is 11.1. The SMILES string of the molecule is CN(Cc1ccc(Cl)cc1)CN1CCNCC1. The zero-order chi connectivity index (χ0) is 12.1. The summed E-state index contributed by atoms with van der Waals surface area (Å²) >= 11 is 5.88. The number of nitrogens with one attached hydrogen (secondary N) is 1. The van der Waals surface area contributed by atoms with Gasteiger partial charge in [-0.1, -0.05) is 23.7 Å². The third-order valence-electron chi connectivity index (χ3n) is 3.02. The summed E-state index contributed by atoms with van der Waals surface area (Å²) in [5, 5.41) is 4.17. The number of halogens is 1. The van der Waals surface area contributed by atoms with Gasteiger partial charge in [0.2, 0.25) is 0 Å². The second-order valence-corrected chi connectivity index (χ2v) is 5.09. The lowest BCUT2D eigenvalue weighted by atomic mass is 10.2. The number of rotatable bonds is 4. The standard InChI is InChI=1S/C13H20ClN3/c1-16(11-17-8-6-15-7-9-17)10-12-2-4-13(14)5-3-12/h2-5,15H,6-11H2,1H3. The van der Waals surface area contributed by atoms with Crippen LogP contribution < -0.4 is 5.32 Å². The summed E-state index contributed by atoms with van der Waals surface area (Å²) < 4.78 is 0. The van der Waals surface area contributed by atoms with Gasteiger partial charge in [-0.25, -0.2) is 0 Å². The molecule has 1 N–H and O–H groups in total. The van der Waals surface area contributed by atoms with Crippen molar-refractivity contribution in [2.45, 2.75) is 6.54 Å². The lowest BCUT2D eigenvalue weighted by Gasteiger charge is -2.31. The van der Waals surface area contributed by atoms with Gasteiger partial charge < -0.3 is 5.32 Å². The summed E-state index contributed by atoms with van der Waals surface area (Å²) in [6.45, 7) is 6.50. The van der Waals surface area contributed by atoms with Crippen LogP contribution in [-0.2, 0) is 6.54 Å². The molecule has 0 spiro atoms. The van der Waals surface area contributed by atoms with Crippen LogP contribution in [0.4, 0.5) is 0 Å². The fraction of sp³-hybridized carbons (Fsp3) is 0.538. The summed E-state index contributed by atoms with van der Waals surface area (Å²) in [7, 11) is 2.16. The van der Waals surface area contributed by atoms with Gasteiger partial charge in [-0.2, -0.15) is 0 Å². The van der Waals surface area contributed by atoms with Crippen molar-refractivity contribution in [3.05, 3.63) is 34.9 Å². The zero-order valence-electron chi connectivity index (χ0n) is 10.3. The van der Waals surface area contributed by atoms with Crippen LogP contribution in [0.2, 0.25) is 5.02 Å². The smallest absolute Gasteiger partial charge is 0.0507 e. The Labute approximate surface area is 108 Å². The molecule has 3 nitrogen and oxygen atoms in total. The van der Waals surface area contributed by atoms with Crippen LogP contribution >= 0.6 is 11.6 Å². The van der Waals surface area contributed by atoms with Crippen molar-refractivity contribution in [3.8, 4) is 0 Å². The highest BCUT2D eigenvalue weighted by Gasteiger charge is 2.11. The predicted molar refractivity (Wildman–Crippen MR) is 72.2 cm³/mol. The first kappa shape index (κ1) is 12.8. The van der Waals surface area contributed by atoms with E-state index in [9.17, 15) is 0 Å². The molecule has 2 rings (SSSR count). The number of hydrogen-bond donors (Lipinski definition) is 1. The largest absolute Gasteiger partial charge is 0.314 e. The maximum Gasteiger partial charge on any atom is 0.0507 e. The molecule has 0 unspecified atom stereocenters. The van der Waals surface area contributed by atoms with Gasteiger partial charge in [0.15, 0.2) is 0 Å². The van der Waals surface area contributed by atoms with Gasteiger partial charge in [0.05, 0.1) is 6.67 Å². The Bertz CT molecular complexity index is 333. The Morgan fingerprint density at radius 3 is 2.53 bits per heavy atom. The topological polar surface area (TPSA) is 18.5 Å². The van der Waals surface area contributed by atoms with Crippen LogP contribution in [0.25, 0.3) is 0 Å². The van der Waals surface area contributed by atoms with Crippen LogP contribution in [0.3, 0.4) is 0 Å². The molecule has 1 aromatic rings. The van der Waals surface area contributed by atoms with E-state index in [1.165, 1.54) is 5.56 Å². The number of hydrogen-bond acceptors (Lipinski definition) is 3. The number of nitrogens with zero attached hydrogens (tertiary/aromatic N) is 2.